The highest BCUT2D eigenvalue weighted by molar-refractivity contribution is 5.40. The van der Waals surface area contributed by atoms with Crippen molar-refractivity contribution in [2.75, 3.05) is 25.7 Å². The Bertz CT molecular complexity index is 373. The molecule has 0 fully saturated rings. The van der Waals surface area contributed by atoms with E-state index in [4.69, 9.17) is 4.74 Å². The largest absolute Gasteiger partial charge is 0.383 e. The van der Waals surface area contributed by atoms with Gasteiger partial charge in [0.15, 0.2) is 17.5 Å². The van der Waals surface area contributed by atoms with Crippen molar-refractivity contribution in [3.63, 3.8) is 0 Å². The topological polar surface area (TPSA) is 25.4 Å². The van der Waals surface area contributed by atoms with Gasteiger partial charge in [-0.1, -0.05) is 0 Å². The second-order valence-corrected chi connectivity index (χ2v) is 3.48. The van der Waals surface area contributed by atoms with Crippen LogP contribution in [0.3, 0.4) is 0 Å². The Kier molecular flexibility index (Phi) is 4.12. The fourth-order valence-electron chi connectivity index (χ4n) is 1.24. The molecule has 1 atom stereocenters. The summed E-state index contributed by atoms with van der Waals surface area (Å²) in [4.78, 5) is 4.62. The van der Waals surface area contributed by atoms with E-state index in [0.717, 1.165) is 0 Å². The van der Waals surface area contributed by atoms with Gasteiger partial charge in [-0.2, -0.15) is 9.37 Å². The molecule has 0 bridgehead atoms. The summed E-state index contributed by atoms with van der Waals surface area (Å²) in [5, 5.41) is 0. The number of hydrogen-bond acceptors (Lipinski definition) is 3. The molecule has 1 aromatic rings. The van der Waals surface area contributed by atoms with E-state index in [1.54, 1.807) is 6.92 Å². The molecule has 0 saturated heterocycles. The van der Waals surface area contributed by atoms with Gasteiger partial charge in [0.2, 0.25) is 0 Å². The summed E-state index contributed by atoms with van der Waals surface area (Å²) in [6, 6.07) is 0.283. The van der Waals surface area contributed by atoms with Crippen LogP contribution in [0.25, 0.3) is 0 Å². The lowest BCUT2D eigenvalue weighted by Crippen LogP contribution is -2.34. The first-order valence-electron chi connectivity index (χ1n) is 4.70. The first-order valence-corrected chi connectivity index (χ1v) is 4.70. The smallest absolute Gasteiger partial charge is 0.251 e. The number of rotatable bonds is 4. The van der Waals surface area contributed by atoms with Crippen molar-refractivity contribution >= 4 is 5.82 Å². The van der Waals surface area contributed by atoms with Crippen molar-refractivity contribution in [3.8, 4) is 0 Å². The van der Waals surface area contributed by atoms with E-state index in [-0.39, 0.29) is 11.9 Å². The third kappa shape index (κ3) is 2.63. The molecule has 0 aliphatic carbocycles. The first kappa shape index (κ1) is 12.8. The molecule has 16 heavy (non-hydrogen) atoms. The van der Waals surface area contributed by atoms with Gasteiger partial charge in [-0.3, -0.25) is 0 Å². The van der Waals surface area contributed by atoms with Gasteiger partial charge in [0.05, 0.1) is 12.6 Å². The van der Waals surface area contributed by atoms with E-state index < -0.39 is 17.6 Å². The van der Waals surface area contributed by atoms with Crippen LogP contribution in [0.15, 0.2) is 6.07 Å². The molecule has 0 radical (unpaired) electrons. The van der Waals surface area contributed by atoms with E-state index in [0.29, 0.717) is 12.7 Å². The SMILES string of the molecule is COCC(C)N(C)c1nc(F)c(F)cc1F. The van der Waals surface area contributed by atoms with Crippen molar-refractivity contribution in [2.24, 2.45) is 0 Å². The van der Waals surface area contributed by atoms with E-state index in [9.17, 15) is 13.2 Å². The highest BCUT2D eigenvalue weighted by Gasteiger charge is 2.18. The lowest BCUT2D eigenvalue weighted by molar-refractivity contribution is 0.183. The van der Waals surface area contributed by atoms with Gasteiger partial charge < -0.3 is 9.64 Å². The van der Waals surface area contributed by atoms with Gasteiger partial charge in [0.1, 0.15) is 0 Å². The van der Waals surface area contributed by atoms with E-state index >= 15 is 0 Å². The van der Waals surface area contributed by atoms with Crippen LogP contribution < -0.4 is 4.90 Å². The van der Waals surface area contributed by atoms with E-state index in [1.165, 1.54) is 19.1 Å². The molecular weight excluding hydrogens is 221 g/mol. The van der Waals surface area contributed by atoms with Crippen LogP contribution in [0.1, 0.15) is 6.92 Å². The zero-order valence-electron chi connectivity index (χ0n) is 9.30. The normalized spacial score (nSPS) is 12.6. The predicted octanol–water partition coefficient (Wildman–Crippen LogP) is 1.97. The van der Waals surface area contributed by atoms with Gasteiger partial charge in [-0.05, 0) is 6.92 Å². The molecule has 0 N–H and O–H groups in total. The van der Waals surface area contributed by atoms with E-state index in [2.05, 4.69) is 4.98 Å². The lowest BCUT2D eigenvalue weighted by atomic mass is 10.3. The molecule has 0 amide bonds. The second kappa shape index (κ2) is 5.16. The molecule has 1 rings (SSSR count). The Labute approximate surface area is 91.8 Å². The average molecular weight is 234 g/mol. The van der Waals surface area contributed by atoms with Gasteiger partial charge in [-0.25, -0.2) is 8.78 Å². The number of hydrogen-bond donors (Lipinski definition) is 0. The molecule has 0 aromatic carbocycles. The minimum atomic E-state index is -1.31. The molecule has 6 heteroatoms. The molecule has 0 spiro atoms. The van der Waals surface area contributed by atoms with Crippen LogP contribution in [0.4, 0.5) is 19.0 Å². The fraction of sp³-hybridized carbons (Fsp3) is 0.500. The summed E-state index contributed by atoms with van der Waals surface area (Å²) in [5.41, 5.74) is 0. The van der Waals surface area contributed by atoms with E-state index in [1.807, 2.05) is 0 Å². The number of methoxy groups -OCH3 is 1. The number of nitrogens with zero attached hydrogens (tertiary/aromatic N) is 2. The Hall–Kier alpha value is -1.30. The number of aromatic nitrogens is 1. The monoisotopic (exact) mass is 234 g/mol. The number of halogens is 3. The summed E-state index contributed by atoms with van der Waals surface area (Å²) >= 11 is 0. The van der Waals surface area contributed by atoms with Crippen molar-refractivity contribution < 1.29 is 17.9 Å². The van der Waals surface area contributed by atoms with Gasteiger partial charge in [-0.15, -0.1) is 0 Å². The average Bonchev–Trinajstić information content (AvgIpc) is 2.23. The zero-order chi connectivity index (χ0) is 12.3. The summed E-state index contributed by atoms with van der Waals surface area (Å²) in [6.07, 6.45) is 0. The number of anilines is 1. The number of likely N-dealkylation sites (N-methyl/N-ethyl adjacent to an activating group) is 1. The molecular formula is C10H13F3N2O. The van der Waals surface area contributed by atoms with Gasteiger partial charge in [0, 0.05) is 20.2 Å². The van der Waals surface area contributed by atoms with Crippen LogP contribution in [0, 0.1) is 17.6 Å². The maximum Gasteiger partial charge on any atom is 0.251 e. The maximum absolute atomic E-state index is 13.3. The highest BCUT2D eigenvalue weighted by atomic mass is 19.2. The lowest BCUT2D eigenvalue weighted by Gasteiger charge is -2.25. The Morgan fingerprint density at radius 1 is 1.38 bits per heavy atom. The van der Waals surface area contributed by atoms with Crippen LogP contribution in [-0.4, -0.2) is 31.8 Å². The number of ether oxygens (including phenoxy) is 1. The quantitative estimate of drug-likeness (QED) is 0.745. The van der Waals surface area contributed by atoms with Gasteiger partial charge >= 0.3 is 0 Å². The minimum absolute atomic E-state index is 0.197. The minimum Gasteiger partial charge on any atom is -0.383 e. The molecule has 1 aromatic heterocycles. The summed E-state index contributed by atoms with van der Waals surface area (Å²) in [6.45, 7) is 2.09. The number of pyridine rings is 1. The van der Waals surface area contributed by atoms with Crippen molar-refractivity contribution in [3.05, 3.63) is 23.6 Å². The maximum atomic E-state index is 13.3. The molecule has 0 aliphatic rings. The van der Waals surface area contributed by atoms with Crippen LogP contribution in [0.2, 0.25) is 0 Å². The zero-order valence-corrected chi connectivity index (χ0v) is 9.30. The Morgan fingerprint density at radius 2 is 2.00 bits per heavy atom. The third-order valence-electron chi connectivity index (χ3n) is 2.27. The first-order chi connectivity index (χ1) is 7.47. The molecule has 90 valence electrons. The van der Waals surface area contributed by atoms with Crippen LogP contribution in [0.5, 0.6) is 0 Å². The Balaban J connectivity index is 2.99. The summed E-state index contributed by atoms with van der Waals surface area (Å²) < 4.78 is 43.7. The molecule has 1 heterocycles. The second-order valence-electron chi connectivity index (χ2n) is 3.48. The molecule has 3 nitrogen and oxygen atoms in total. The predicted molar refractivity (Wildman–Crippen MR) is 53.9 cm³/mol. The molecule has 0 aliphatic heterocycles. The standard InChI is InChI=1S/C10H13F3N2O/c1-6(5-16-3)15(2)10-8(12)4-7(11)9(13)14-10/h4,6H,5H2,1-3H3. The van der Waals surface area contributed by atoms with Crippen LogP contribution in [-0.2, 0) is 4.74 Å². The van der Waals surface area contributed by atoms with Crippen LogP contribution >= 0.6 is 0 Å². The van der Waals surface area contributed by atoms with Crippen molar-refractivity contribution in [1.82, 2.24) is 4.98 Å². The Morgan fingerprint density at radius 3 is 2.56 bits per heavy atom. The highest BCUT2D eigenvalue weighted by Crippen LogP contribution is 2.19. The van der Waals surface area contributed by atoms with Crippen molar-refractivity contribution in [1.29, 1.82) is 0 Å². The van der Waals surface area contributed by atoms with Crippen molar-refractivity contribution in [2.45, 2.75) is 13.0 Å². The van der Waals surface area contributed by atoms with Gasteiger partial charge in [0.25, 0.3) is 5.95 Å². The summed E-state index contributed by atoms with van der Waals surface area (Å²) in [7, 11) is 3.03. The summed E-state index contributed by atoms with van der Waals surface area (Å²) in [5.74, 6) is -3.74. The fourth-order valence-corrected chi connectivity index (χ4v) is 1.24. The third-order valence-corrected chi connectivity index (χ3v) is 2.27. The molecule has 1 unspecified atom stereocenters. The molecule has 0 saturated carbocycles.